The van der Waals surface area contributed by atoms with Gasteiger partial charge in [0.05, 0.1) is 11.4 Å². The first-order chi connectivity index (χ1) is 9.96. The highest BCUT2D eigenvalue weighted by molar-refractivity contribution is 5.89. The standard InChI is InChI=1S/C14H17F3N2O2/c15-14(16,17)10-21-13(20)18-11-6-2-3-7-12(11)19-8-4-1-5-9-19/h2-3,6-7H,1,4-5,8-10H2,(H,18,20). The van der Waals surface area contributed by atoms with Gasteiger partial charge in [0.2, 0.25) is 0 Å². The molecule has 1 aromatic carbocycles. The summed E-state index contributed by atoms with van der Waals surface area (Å²) in [4.78, 5) is 13.6. The van der Waals surface area contributed by atoms with Crippen LogP contribution in [0.4, 0.5) is 29.3 Å². The molecule has 0 saturated carbocycles. The van der Waals surface area contributed by atoms with Crippen LogP contribution in [0.15, 0.2) is 24.3 Å². The Kier molecular flexibility index (Phi) is 4.93. The first-order valence-electron chi connectivity index (χ1n) is 6.80. The zero-order chi connectivity index (χ0) is 15.3. The SMILES string of the molecule is O=C(Nc1ccccc1N1CCCCC1)OCC(F)(F)F. The van der Waals surface area contributed by atoms with E-state index in [9.17, 15) is 18.0 Å². The summed E-state index contributed by atoms with van der Waals surface area (Å²) >= 11 is 0. The second-order valence-corrected chi connectivity index (χ2v) is 4.88. The van der Waals surface area contributed by atoms with Gasteiger partial charge in [0.1, 0.15) is 0 Å². The first-order valence-corrected chi connectivity index (χ1v) is 6.80. The van der Waals surface area contributed by atoms with Crippen molar-refractivity contribution in [3.05, 3.63) is 24.3 Å². The summed E-state index contributed by atoms with van der Waals surface area (Å²) in [5.41, 5.74) is 1.27. The monoisotopic (exact) mass is 302 g/mol. The van der Waals surface area contributed by atoms with Gasteiger partial charge in [0, 0.05) is 13.1 Å². The number of para-hydroxylation sites is 2. The lowest BCUT2D eigenvalue weighted by molar-refractivity contribution is -0.159. The Balaban J connectivity index is 2.01. The quantitative estimate of drug-likeness (QED) is 0.923. The fourth-order valence-corrected chi connectivity index (χ4v) is 2.28. The molecule has 1 fully saturated rings. The van der Waals surface area contributed by atoms with E-state index in [-0.39, 0.29) is 0 Å². The van der Waals surface area contributed by atoms with E-state index in [2.05, 4.69) is 15.0 Å². The second kappa shape index (κ2) is 6.69. The molecule has 1 heterocycles. The van der Waals surface area contributed by atoms with E-state index >= 15 is 0 Å². The summed E-state index contributed by atoms with van der Waals surface area (Å²) in [5, 5.41) is 2.38. The molecule has 0 aliphatic carbocycles. The number of carbonyl (C=O) groups is 1. The zero-order valence-electron chi connectivity index (χ0n) is 11.4. The van der Waals surface area contributed by atoms with E-state index in [1.54, 1.807) is 12.1 Å². The first kappa shape index (κ1) is 15.5. The van der Waals surface area contributed by atoms with E-state index < -0.39 is 18.9 Å². The summed E-state index contributed by atoms with van der Waals surface area (Å²) in [6.45, 7) is 0.150. The highest BCUT2D eigenvalue weighted by Crippen LogP contribution is 2.28. The smallest absolute Gasteiger partial charge is 0.422 e. The number of anilines is 2. The summed E-state index contributed by atoms with van der Waals surface area (Å²) in [6.07, 6.45) is -2.33. The van der Waals surface area contributed by atoms with Gasteiger partial charge in [-0.15, -0.1) is 0 Å². The average molecular weight is 302 g/mol. The van der Waals surface area contributed by atoms with Crippen LogP contribution in [0.5, 0.6) is 0 Å². The van der Waals surface area contributed by atoms with Crippen LogP contribution in [-0.2, 0) is 4.74 Å². The van der Waals surface area contributed by atoms with Crippen molar-refractivity contribution in [3.8, 4) is 0 Å². The van der Waals surface area contributed by atoms with E-state index in [0.717, 1.165) is 31.6 Å². The Morgan fingerprint density at radius 1 is 1.19 bits per heavy atom. The third-order valence-electron chi connectivity index (χ3n) is 3.20. The molecule has 7 heteroatoms. The van der Waals surface area contributed by atoms with Crippen molar-refractivity contribution in [2.45, 2.75) is 25.4 Å². The Morgan fingerprint density at radius 2 is 1.86 bits per heavy atom. The van der Waals surface area contributed by atoms with Gasteiger partial charge in [0.15, 0.2) is 6.61 Å². The number of nitrogens with one attached hydrogen (secondary N) is 1. The number of ether oxygens (including phenoxy) is 1. The van der Waals surface area contributed by atoms with E-state index in [0.29, 0.717) is 5.69 Å². The van der Waals surface area contributed by atoms with Crippen molar-refractivity contribution >= 4 is 17.5 Å². The number of halogens is 3. The van der Waals surface area contributed by atoms with Crippen LogP contribution in [0.25, 0.3) is 0 Å². The zero-order valence-corrected chi connectivity index (χ0v) is 11.4. The van der Waals surface area contributed by atoms with Crippen LogP contribution < -0.4 is 10.2 Å². The number of hydrogen-bond donors (Lipinski definition) is 1. The number of alkyl halides is 3. The minimum absolute atomic E-state index is 0.464. The number of nitrogens with zero attached hydrogens (tertiary/aromatic N) is 1. The maximum Gasteiger partial charge on any atom is 0.422 e. The molecule has 0 spiro atoms. The molecule has 1 aliphatic rings. The third kappa shape index (κ3) is 4.84. The molecule has 0 bridgehead atoms. The van der Waals surface area contributed by atoms with Crippen molar-refractivity contribution in [1.29, 1.82) is 0 Å². The normalized spacial score (nSPS) is 15.7. The molecular formula is C14H17F3N2O2. The van der Waals surface area contributed by atoms with Gasteiger partial charge < -0.3 is 9.64 Å². The topological polar surface area (TPSA) is 41.6 Å². The van der Waals surface area contributed by atoms with Crippen molar-refractivity contribution in [1.82, 2.24) is 0 Å². The predicted molar refractivity (Wildman–Crippen MR) is 73.5 cm³/mol. The summed E-state index contributed by atoms with van der Waals surface area (Å²) < 4.78 is 40.2. The number of rotatable bonds is 3. The van der Waals surface area contributed by atoms with Gasteiger partial charge in [-0.3, -0.25) is 5.32 Å². The molecule has 0 radical (unpaired) electrons. The second-order valence-electron chi connectivity index (χ2n) is 4.88. The molecule has 1 amide bonds. The van der Waals surface area contributed by atoms with Gasteiger partial charge in [-0.2, -0.15) is 13.2 Å². The average Bonchev–Trinajstić information content (AvgIpc) is 2.46. The largest absolute Gasteiger partial charge is 0.440 e. The van der Waals surface area contributed by atoms with Gasteiger partial charge in [-0.25, -0.2) is 4.79 Å². The van der Waals surface area contributed by atoms with E-state index in [4.69, 9.17) is 0 Å². The molecule has 0 aromatic heterocycles. The summed E-state index contributed by atoms with van der Waals surface area (Å²) in [6, 6.07) is 7.03. The lowest BCUT2D eigenvalue weighted by atomic mass is 10.1. The highest BCUT2D eigenvalue weighted by Gasteiger charge is 2.29. The van der Waals surface area contributed by atoms with Crippen LogP contribution in [0.1, 0.15) is 19.3 Å². The maximum atomic E-state index is 12.0. The van der Waals surface area contributed by atoms with Crippen molar-refractivity contribution in [3.63, 3.8) is 0 Å². The molecule has 2 rings (SSSR count). The molecule has 0 atom stereocenters. The number of amides is 1. The highest BCUT2D eigenvalue weighted by atomic mass is 19.4. The predicted octanol–water partition coefficient (Wildman–Crippen LogP) is 3.79. The molecule has 4 nitrogen and oxygen atoms in total. The van der Waals surface area contributed by atoms with Crippen LogP contribution >= 0.6 is 0 Å². The minimum atomic E-state index is -4.52. The number of carbonyl (C=O) groups excluding carboxylic acids is 1. The van der Waals surface area contributed by atoms with Crippen LogP contribution in [0, 0.1) is 0 Å². The van der Waals surface area contributed by atoms with Crippen molar-refractivity contribution < 1.29 is 22.7 Å². The van der Waals surface area contributed by atoms with Crippen LogP contribution in [0.3, 0.4) is 0 Å². The minimum Gasteiger partial charge on any atom is -0.440 e. The molecule has 1 saturated heterocycles. The van der Waals surface area contributed by atoms with Crippen LogP contribution in [-0.4, -0.2) is 32.0 Å². The molecule has 1 aromatic rings. The Morgan fingerprint density at radius 3 is 2.52 bits per heavy atom. The Bertz CT molecular complexity index is 485. The van der Waals surface area contributed by atoms with Gasteiger partial charge in [0.25, 0.3) is 0 Å². The molecule has 1 aliphatic heterocycles. The molecule has 21 heavy (non-hydrogen) atoms. The maximum absolute atomic E-state index is 12.0. The van der Waals surface area contributed by atoms with Crippen molar-refractivity contribution in [2.24, 2.45) is 0 Å². The lowest BCUT2D eigenvalue weighted by Gasteiger charge is -2.30. The lowest BCUT2D eigenvalue weighted by Crippen LogP contribution is -2.30. The van der Waals surface area contributed by atoms with E-state index in [1.165, 1.54) is 6.42 Å². The number of benzene rings is 1. The molecular weight excluding hydrogens is 285 g/mol. The Labute approximate surface area is 120 Å². The molecule has 1 N–H and O–H groups in total. The van der Waals surface area contributed by atoms with E-state index in [1.807, 2.05) is 12.1 Å². The van der Waals surface area contributed by atoms with Crippen LogP contribution in [0.2, 0.25) is 0 Å². The summed E-state index contributed by atoms with van der Waals surface area (Å²) in [5.74, 6) is 0. The third-order valence-corrected chi connectivity index (χ3v) is 3.20. The number of piperidine rings is 1. The number of hydrogen-bond acceptors (Lipinski definition) is 3. The van der Waals surface area contributed by atoms with Crippen molar-refractivity contribution in [2.75, 3.05) is 29.9 Å². The fraction of sp³-hybridized carbons (Fsp3) is 0.500. The molecule has 0 unspecified atom stereocenters. The van der Waals surface area contributed by atoms with Gasteiger partial charge in [-0.05, 0) is 31.4 Å². The van der Waals surface area contributed by atoms with Gasteiger partial charge >= 0.3 is 12.3 Å². The summed E-state index contributed by atoms with van der Waals surface area (Å²) in [7, 11) is 0. The van der Waals surface area contributed by atoms with Gasteiger partial charge in [-0.1, -0.05) is 12.1 Å². The Hall–Kier alpha value is -1.92. The molecule has 116 valence electrons. The fourth-order valence-electron chi connectivity index (χ4n) is 2.28.